The molecule has 39 heavy (non-hydrogen) atoms. The van der Waals surface area contributed by atoms with E-state index in [2.05, 4.69) is 41.4 Å². The number of piperidine rings is 1. The highest BCUT2D eigenvalue weighted by molar-refractivity contribution is 5.58. The molecule has 6 rings (SSSR count). The monoisotopic (exact) mass is 541 g/mol. The van der Waals surface area contributed by atoms with Gasteiger partial charge in [-0.3, -0.25) is 0 Å². The molecule has 0 radical (unpaired) electrons. The zero-order chi connectivity index (χ0) is 26.8. The van der Waals surface area contributed by atoms with Crippen LogP contribution in [0.4, 0.5) is 24.9 Å². The normalized spacial score (nSPS) is 22.2. The van der Waals surface area contributed by atoms with Crippen molar-refractivity contribution in [2.24, 2.45) is 0 Å². The highest BCUT2D eigenvalue weighted by Crippen LogP contribution is 2.30. The lowest BCUT2D eigenvalue weighted by Gasteiger charge is -2.40. The lowest BCUT2D eigenvalue weighted by atomic mass is 9.89. The number of hydrogen-bond acceptors (Lipinski definition) is 8. The number of oxazole rings is 1. The predicted molar refractivity (Wildman–Crippen MR) is 140 cm³/mol. The van der Waals surface area contributed by atoms with Crippen LogP contribution in [0.1, 0.15) is 38.5 Å². The fourth-order valence-corrected chi connectivity index (χ4v) is 5.60. The summed E-state index contributed by atoms with van der Waals surface area (Å²) in [5.41, 5.74) is 2.60. The molecule has 1 saturated carbocycles. The number of nitrogens with one attached hydrogen (secondary N) is 2. The Morgan fingerprint density at radius 3 is 2.59 bits per heavy atom. The average molecular weight is 542 g/mol. The van der Waals surface area contributed by atoms with E-state index >= 15 is 0 Å². The molecule has 0 amide bonds. The number of halogens is 3. The second kappa shape index (κ2) is 10.8. The van der Waals surface area contributed by atoms with Gasteiger partial charge in [-0.25, -0.2) is 14.5 Å². The van der Waals surface area contributed by atoms with Crippen molar-refractivity contribution in [1.29, 1.82) is 0 Å². The summed E-state index contributed by atoms with van der Waals surface area (Å²) in [4.78, 5) is 11.0. The first-order valence-electron chi connectivity index (χ1n) is 13.3. The van der Waals surface area contributed by atoms with Crippen LogP contribution in [0.3, 0.4) is 0 Å². The molecule has 2 aliphatic rings. The van der Waals surface area contributed by atoms with Crippen LogP contribution in [-0.4, -0.2) is 57.2 Å². The van der Waals surface area contributed by atoms with Gasteiger partial charge in [-0.15, -0.1) is 13.2 Å². The van der Waals surface area contributed by atoms with E-state index in [1.54, 1.807) is 12.5 Å². The summed E-state index contributed by atoms with van der Waals surface area (Å²) < 4.78 is 49.0. The molecule has 2 fully saturated rings. The Hall–Kier alpha value is -3.80. The van der Waals surface area contributed by atoms with Crippen LogP contribution in [0.15, 0.2) is 59.5 Å². The predicted octanol–water partition coefficient (Wildman–Crippen LogP) is 5.26. The van der Waals surface area contributed by atoms with Crippen molar-refractivity contribution in [1.82, 2.24) is 24.9 Å². The molecule has 2 N–H and O–H groups in total. The maximum absolute atomic E-state index is 12.4. The molecule has 0 spiro atoms. The number of ether oxygens (including phenoxy) is 1. The van der Waals surface area contributed by atoms with E-state index < -0.39 is 6.36 Å². The average Bonchev–Trinajstić information content (AvgIpc) is 3.59. The minimum atomic E-state index is -4.72. The second-order valence-electron chi connectivity index (χ2n) is 10.1. The standard InChI is InChI=1S/C27H30F3N7O2/c28-27(29,30)39-21-10-7-18(8-11-21)24-14-31-26(38-24)35-23-6-2-1-5-22(23)34-19-4-3-13-36(15-19)20-9-12-25-32-17-33-37(25)16-20/h7-12,14,16-17,19,22-23,34H,1-6,13,15H2,(H,31,35)/t19-,22+,23+/m0/s1. The molecule has 1 saturated heterocycles. The van der Waals surface area contributed by atoms with Gasteiger partial charge in [0.1, 0.15) is 12.1 Å². The smallest absolute Gasteiger partial charge is 0.424 e. The molecular formula is C27H30F3N7O2. The third-order valence-electron chi connectivity index (χ3n) is 7.45. The number of anilines is 2. The molecule has 3 atom stereocenters. The van der Waals surface area contributed by atoms with Crippen molar-refractivity contribution in [2.75, 3.05) is 23.3 Å². The van der Waals surface area contributed by atoms with Gasteiger partial charge in [0.2, 0.25) is 0 Å². The summed E-state index contributed by atoms with van der Waals surface area (Å²) >= 11 is 0. The molecular weight excluding hydrogens is 511 g/mol. The zero-order valence-electron chi connectivity index (χ0n) is 21.3. The molecule has 0 unspecified atom stereocenters. The van der Waals surface area contributed by atoms with E-state index in [1.807, 2.05) is 16.8 Å². The zero-order valence-corrected chi connectivity index (χ0v) is 21.3. The summed E-state index contributed by atoms with van der Waals surface area (Å²) in [6, 6.07) is 10.9. The number of hydrogen-bond donors (Lipinski definition) is 2. The van der Waals surface area contributed by atoms with Gasteiger partial charge in [0.15, 0.2) is 11.4 Å². The molecule has 0 bridgehead atoms. The summed E-state index contributed by atoms with van der Waals surface area (Å²) in [5.74, 6) is 0.198. The molecule has 206 valence electrons. The van der Waals surface area contributed by atoms with Crippen molar-refractivity contribution in [3.63, 3.8) is 0 Å². The Kier molecular flexibility index (Phi) is 7.03. The van der Waals surface area contributed by atoms with Crippen LogP contribution < -0.4 is 20.3 Å². The molecule has 1 aromatic carbocycles. The number of benzene rings is 1. The summed E-state index contributed by atoms with van der Waals surface area (Å²) in [6.45, 7) is 1.92. The van der Waals surface area contributed by atoms with E-state index in [0.717, 1.165) is 56.5 Å². The lowest BCUT2D eigenvalue weighted by molar-refractivity contribution is -0.274. The molecule has 9 nitrogen and oxygen atoms in total. The van der Waals surface area contributed by atoms with Crippen molar-refractivity contribution in [3.05, 3.63) is 55.1 Å². The van der Waals surface area contributed by atoms with Crippen LogP contribution in [0.25, 0.3) is 17.0 Å². The lowest BCUT2D eigenvalue weighted by Crippen LogP contribution is -2.54. The van der Waals surface area contributed by atoms with Crippen LogP contribution in [0.5, 0.6) is 5.75 Å². The Morgan fingerprint density at radius 1 is 0.949 bits per heavy atom. The SMILES string of the molecule is FC(F)(F)Oc1ccc(-c2cnc(N[C@@H]3CCCC[C@H]3N[C@H]3CCCN(c4ccc5ncnn5c4)C3)o2)cc1. The van der Waals surface area contributed by atoms with Crippen molar-refractivity contribution >= 4 is 17.3 Å². The number of fused-ring (bicyclic) bond motifs is 1. The van der Waals surface area contributed by atoms with Crippen LogP contribution in [-0.2, 0) is 0 Å². The van der Waals surface area contributed by atoms with Crippen molar-refractivity contribution in [2.45, 2.75) is 63.0 Å². The van der Waals surface area contributed by atoms with Gasteiger partial charge in [0, 0.05) is 36.8 Å². The van der Waals surface area contributed by atoms with Crippen LogP contribution in [0, 0.1) is 0 Å². The third-order valence-corrected chi connectivity index (χ3v) is 7.45. The van der Waals surface area contributed by atoms with Gasteiger partial charge in [0.25, 0.3) is 6.01 Å². The van der Waals surface area contributed by atoms with Gasteiger partial charge in [-0.2, -0.15) is 5.10 Å². The minimum Gasteiger partial charge on any atom is -0.424 e. The van der Waals surface area contributed by atoms with Crippen molar-refractivity contribution in [3.8, 4) is 17.1 Å². The van der Waals surface area contributed by atoms with Gasteiger partial charge in [-0.1, -0.05) is 12.8 Å². The quantitative estimate of drug-likeness (QED) is 0.327. The topological polar surface area (TPSA) is 92.8 Å². The van der Waals surface area contributed by atoms with Gasteiger partial charge in [-0.05, 0) is 62.1 Å². The molecule has 1 aliphatic heterocycles. The Labute approximate surface area is 223 Å². The van der Waals surface area contributed by atoms with E-state index in [9.17, 15) is 13.2 Å². The molecule has 4 heterocycles. The maximum atomic E-state index is 12.4. The molecule has 1 aliphatic carbocycles. The summed E-state index contributed by atoms with van der Waals surface area (Å²) in [7, 11) is 0. The first kappa shape index (κ1) is 25.5. The van der Waals surface area contributed by atoms with Crippen LogP contribution >= 0.6 is 0 Å². The molecule has 3 aromatic heterocycles. The van der Waals surface area contributed by atoms with Gasteiger partial charge in [0.05, 0.1) is 18.1 Å². The van der Waals surface area contributed by atoms with E-state index in [1.165, 1.54) is 30.7 Å². The number of rotatable bonds is 7. The molecule has 4 aromatic rings. The second-order valence-corrected chi connectivity index (χ2v) is 10.1. The molecule has 12 heteroatoms. The highest BCUT2D eigenvalue weighted by atomic mass is 19.4. The Morgan fingerprint density at radius 2 is 1.77 bits per heavy atom. The number of alkyl halides is 3. The van der Waals surface area contributed by atoms with E-state index in [-0.39, 0.29) is 17.8 Å². The maximum Gasteiger partial charge on any atom is 0.573 e. The first-order chi connectivity index (χ1) is 18.9. The summed E-state index contributed by atoms with van der Waals surface area (Å²) in [6.07, 6.45) is 7.03. The summed E-state index contributed by atoms with van der Waals surface area (Å²) in [5, 5.41) is 11.6. The Bertz CT molecular complexity index is 1390. The van der Waals surface area contributed by atoms with Gasteiger partial charge < -0.3 is 24.7 Å². The van der Waals surface area contributed by atoms with E-state index in [4.69, 9.17) is 4.42 Å². The fraction of sp³-hybridized carbons (Fsp3) is 0.444. The van der Waals surface area contributed by atoms with Crippen molar-refractivity contribution < 1.29 is 22.3 Å². The Balaban J connectivity index is 1.08. The largest absolute Gasteiger partial charge is 0.573 e. The highest BCUT2D eigenvalue weighted by Gasteiger charge is 2.32. The van der Waals surface area contributed by atoms with E-state index in [0.29, 0.717) is 23.4 Å². The van der Waals surface area contributed by atoms with Gasteiger partial charge >= 0.3 is 6.36 Å². The number of nitrogens with zero attached hydrogens (tertiary/aromatic N) is 5. The number of aromatic nitrogens is 4. The third kappa shape index (κ3) is 6.11. The fourth-order valence-electron chi connectivity index (χ4n) is 5.60. The first-order valence-corrected chi connectivity index (χ1v) is 13.3. The minimum absolute atomic E-state index is 0.162. The van der Waals surface area contributed by atoms with Crippen LogP contribution in [0.2, 0.25) is 0 Å². The number of pyridine rings is 1.